The molecule has 1 aromatic rings. The van der Waals surface area contributed by atoms with Crippen molar-refractivity contribution in [2.75, 3.05) is 63.5 Å². The van der Waals surface area contributed by atoms with Crippen LogP contribution in [0.1, 0.15) is 20.3 Å². The molecule has 0 amide bonds. The molecule has 0 saturated carbocycles. The molecule has 10 heteroatoms. The zero-order chi connectivity index (χ0) is 21.4. The van der Waals surface area contributed by atoms with E-state index in [-0.39, 0.29) is 5.69 Å². The summed E-state index contributed by atoms with van der Waals surface area (Å²) in [5.41, 5.74) is 0.284. The third-order valence-electron chi connectivity index (χ3n) is 4.81. The molecule has 1 fully saturated rings. The van der Waals surface area contributed by atoms with Gasteiger partial charge in [-0.2, -0.15) is 0 Å². The zero-order valence-electron chi connectivity index (χ0n) is 17.4. The fourth-order valence-corrected chi connectivity index (χ4v) is 4.23. The van der Waals surface area contributed by atoms with Gasteiger partial charge in [0.05, 0.1) is 11.9 Å². The van der Waals surface area contributed by atoms with Crippen LogP contribution in [0.4, 0.5) is 14.5 Å². The van der Waals surface area contributed by atoms with E-state index in [0.717, 1.165) is 18.1 Å². The van der Waals surface area contributed by atoms with Crippen molar-refractivity contribution in [3.8, 4) is 0 Å². The van der Waals surface area contributed by atoms with Crippen molar-refractivity contribution < 1.29 is 17.2 Å². The molecule has 0 atom stereocenters. The molecule has 164 valence electrons. The van der Waals surface area contributed by atoms with E-state index in [9.17, 15) is 17.2 Å². The van der Waals surface area contributed by atoms with E-state index in [1.165, 1.54) is 16.6 Å². The number of nitrogens with zero attached hydrogens (tertiary/aromatic N) is 4. The Balaban J connectivity index is 1.93. The van der Waals surface area contributed by atoms with Crippen LogP contribution in [0.5, 0.6) is 0 Å². The first-order valence-corrected chi connectivity index (χ1v) is 11.8. The number of rotatable bonds is 8. The van der Waals surface area contributed by atoms with Gasteiger partial charge in [-0.05, 0) is 25.5 Å². The van der Waals surface area contributed by atoms with Gasteiger partial charge in [-0.15, -0.1) is 0 Å². The topological polar surface area (TPSA) is 68.2 Å². The fraction of sp³-hybridized carbons (Fsp3) is 0.632. The average molecular weight is 432 g/mol. The maximum Gasteiger partial charge on any atom is 0.211 e. The summed E-state index contributed by atoms with van der Waals surface area (Å²) >= 11 is 0. The lowest BCUT2D eigenvalue weighted by Crippen LogP contribution is -2.52. The summed E-state index contributed by atoms with van der Waals surface area (Å²) in [5, 5.41) is 3.25. The third-order valence-corrected chi connectivity index (χ3v) is 6.19. The predicted molar refractivity (Wildman–Crippen MR) is 113 cm³/mol. The molecule has 0 unspecified atom stereocenters. The van der Waals surface area contributed by atoms with Gasteiger partial charge in [0.25, 0.3) is 0 Å². The summed E-state index contributed by atoms with van der Waals surface area (Å²) in [5.74, 6) is -0.116. The van der Waals surface area contributed by atoms with Crippen LogP contribution < -0.4 is 10.2 Å². The number of hydrogen-bond acceptors (Lipinski definition) is 4. The van der Waals surface area contributed by atoms with E-state index in [0.29, 0.717) is 58.8 Å². The monoisotopic (exact) mass is 431 g/mol. The number of anilines is 1. The molecule has 29 heavy (non-hydrogen) atoms. The molecule has 0 spiro atoms. The molecule has 7 nitrogen and oxygen atoms in total. The Morgan fingerprint density at radius 2 is 1.90 bits per heavy atom. The van der Waals surface area contributed by atoms with E-state index in [1.807, 2.05) is 18.7 Å². The largest absolute Gasteiger partial charge is 0.366 e. The second-order valence-electron chi connectivity index (χ2n) is 6.91. The molecule has 0 radical (unpaired) electrons. The average Bonchev–Trinajstić information content (AvgIpc) is 2.68. The number of piperazine rings is 1. The number of aliphatic imine (C=N–C) groups is 1. The molecule has 1 aliphatic heterocycles. The van der Waals surface area contributed by atoms with Crippen LogP contribution in [0, 0.1) is 11.6 Å². The van der Waals surface area contributed by atoms with Crippen molar-refractivity contribution in [1.82, 2.24) is 14.5 Å². The van der Waals surface area contributed by atoms with Gasteiger partial charge in [0, 0.05) is 58.4 Å². The highest BCUT2D eigenvalue weighted by atomic mass is 32.2. The lowest BCUT2D eigenvalue weighted by atomic mass is 10.2. The first-order chi connectivity index (χ1) is 13.8. The van der Waals surface area contributed by atoms with Crippen LogP contribution in [0.25, 0.3) is 0 Å². The first-order valence-electron chi connectivity index (χ1n) is 9.94. The van der Waals surface area contributed by atoms with Crippen molar-refractivity contribution in [3.63, 3.8) is 0 Å². The van der Waals surface area contributed by atoms with Crippen LogP contribution in [0.15, 0.2) is 23.2 Å². The van der Waals surface area contributed by atoms with Crippen molar-refractivity contribution >= 4 is 21.7 Å². The molecule has 2 rings (SSSR count). The van der Waals surface area contributed by atoms with Gasteiger partial charge < -0.3 is 15.1 Å². The van der Waals surface area contributed by atoms with E-state index in [4.69, 9.17) is 0 Å². The van der Waals surface area contributed by atoms with Gasteiger partial charge in [0.15, 0.2) is 5.96 Å². The van der Waals surface area contributed by atoms with Crippen molar-refractivity contribution in [1.29, 1.82) is 0 Å². The number of guanidine groups is 1. The van der Waals surface area contributed by atoms with E-state index < -0.39 is 21.7 Å². The Labute approximate surface area is 172 Å². The van der Waals surface area contributed by atoms with Gasteiger partial charge in [-0.1, -0.05) is 6.92 Å². The summed E-state index contributed by atoms with van der Waals surface area (Å²) in [6, 6.07) is 3.50. The van der Waals surface area contributed by atoms with Crippen LogP contribution in [0.3, 0.4) is 0 Å². The Bertz CT molecular complexity index is 796. The normalized spacial score (nSPS) is 15.9. The van der Waals surface area contributed by atoms with Crippen molar-refractivity contribution in [2.45, 2.75) is 20.3 Å². The van der Waals surface area contributed by atoms with Crippen LogP contribution in [-0.2, 0) is 10.0 Å². The lowest BCUT2D eigenvalue weighted by Gasteiger charge is -2.37. The minimum Gasteiger partial charge on any atom is -0.366 e. The third kappa shape index (κ3) is 6.81. The number of sulfonamides is 1. The maximum absolute atomic E-state index is 14.0. The Morgan fingerprint density at radius 3 is 2.48 bits per heavy atom. The quantitative estimate of drug-likeness (QED) is 0.386. The predicted octanol–water partition coefficient (Wildman–Crippen LogP) is 1.72. The van der Waals surface area contributed by atoms with Crippen molar-refractivity contribution in [2.24, 2.45) is 4.99 Å². The molecule has 0 bridgehead atoms. The standard InChI is InChI=1S/C19H31F2N5O2S/c1-4-22-19(23-9-6-10-26(5-2)29(3,27)28)25-13-11-24(12-14-25)18-15-16(20)7-8-17(18)21/h7-8,15H,4-6,9-14H2,1-3H3,(H,22,23). The molecule has 0 aromatic heterocycles. The molecule has 1 saturated heterocycles. The highest BCUT2D eigenvalue weighted by Crippen LogP contribution is 2.21. The van der Waals surface area contributed by atoms with Crippen molar-refractivity contribution in [3.05, 3.63) is 29.8 Å². The first kappa shape index (κ1) is 23.3. The van der Waals surface area contributed by atoms with E-state index in [2.05, 4.69) is 15.2 Å². The smallest absolute Gasteiger partial charge is 0.211 e. The number of hydrogen-bond donors (Lipinski definition) is 1. The molecule has 1 N–H and O–H groups in total. The Morgan fingerprint density at radius 1 is 1.21 bits per heavy atom. The second kappa shape index (κ2) is 10.7. The van der Waals surface area contributed by atoms with Gasteiger partial charge in [-0.25, -0.2) is 21.5 Å². The Kier molecular flexibility index (Phi) is 8.63. The van der Waals surface area contributed by atoms with Crippen LogP contribution in [0.2, 0.25) is 0 Å². The van der Waals surface area contributed by atoms with E-state index in [1.54, 1.807) is 0 Å². The van der Waals surface area contributed by atoms with E-state index >= 15 is 0 Å². The molecule has 1 heterocycles. The summed E-state index contributed by atoms with van der Waals surface area (Å²) < 4.78 is 52.2. The minimum absolute atomic E-state index is 0.284. The maximum atomic E-state index is 14.0. The summed E-state index contributed by atoms with van der Waals surface area (Å²) in [6.07, 6.45) is 1.84. The van der Waals surface area contributed by atoms with Gasteiger partial charge in [0.1, 0.15) is 11.6 Å². The zero-order valence-corrected chi connectivity index (χ0v) is 18.2. The molecule has 1 aliphatic rings. The number of nitrogens with one attached hydrogen (secondary N) is 1. The fourth-order valence-electron chi connectivity index (χ4n) is 3.30. The van der Waals surface area contributed by atoms with Crippen LogP contribution >= 0.6 is 0 Å². The SMILES string of the molecule is CCNC(=NCCCN(CC)S(C)(=O)=O)N1CCN(c2cc(F)ccc2F)CC1. The van der Waals surface area contributed by atoms with Gasteiger partial charge >= 0.3 is 0 Å². The summed E-state index contributed by atoms with van der Waals surface area (Å²) in [4.78, 5) is 8.54. The highest BCUT2D eigenvalue weighted by Gasteiger charge is 2.22. The molecular formula is C19H31F2N5O2S. The Hall–Kier alpha value is -1.94. The molecule has 1 aromatic carbocycles. The lowest BCUT2D eigenvalue weighted by molar-refractivity contribution is 0.369. The van der Waals surface area contributed by atoms with Crippen LogP contribution in [-0.4, -0.2) is 82.2 Å². The molecule has 0 aliphatic carbocycles. The second-order valence-corrected chi connectivity index (χ2v) is 8.90. The minimum atomic E-state index is -3.19. The molecular weight excluding hydrogens is 400 g/mol. The van der Waals surface area contributed by atoms with Gasteiger partial charge in [-0.3, -0.25) is 4.99 Å². The number of halogens is 2. The number of benzene rings is 1. The van der Waals surface area contributed by atoms with Gasteiger partial charge in [0.2, 0.25) is 10.0 Å². The highest BCUT2D eigenvalue weighted by molar-refractivity contribution is 7.88. The summed E-state index contributed by atoms with van der Waals surface area (Å²) in [6.45, 7) is 8.27. The summed E-state index contributed by atoms with van der Waals surface area (Å²) in [7, 11) is -3.19.